The van der Waals surface area contributed by atoms with E-state index >= 15 is 0 Å². The normalized spacial score (nSPS) is 17.6. The summed E-state index contributed by atoms with van der Waals surface area (Å²) in [4.78, 5) is 15.4. The van der Waals surface area contributed by atoms with Gasteiger partial charge in [0.15, 0.2) is 0 Å². The van der Waals surface area contributed by atoms with Crippen molar-refractivity contribution in [1.29, 1.82) is 0 Å². The molecule has 0 spiro atoms. The highest BCUT2D eigenvalue weighted by molar-refractivity contribution is 5.97. The van der Waals surface area contributed by atoms with Crippen LogP contribution in [0.15, 0.2) is 48.5 Å². The molecule has 1 aliphatic heterocycles. The molecule has 1 saturated carbocycles. The smallest absolute Gasteiger partial charge is 0.301 e. The zero-order chi connectivity index (χ0) is 22.7. The number of fused-ring (bicyclic) bond motifs is 1. The van der Waals surface area contributed by atoms with E-state index in [4.69, 9.17) is 0 Å². The van der Waals surface area contributed by atoms with Gasteiger partial charge in [0, 0.05) is 31.4 Å². The number of alkyl halides is 3. The Bertz CT molecular complexity index is 980. The van der Waals surface area contributed by atoms with Crippen LogP contribution in [0.2, 0.25) is 0 Å². The fourth-order valence-electron chi connectivity index (χ4n) is 4.34. The van der Waals surface area contributed by atoms with E-state index in [1.807, 2.05) is 6.07 Å². The van der Waals surface area contributed by atoms with Gasteiger partial charge in [0.25, 0.3) is 0 Å². The van der Waals surface area contributed by atoms with Crippen molar-refractivity contribution in [2.75, 3.05) is 24.5 Å². The summed E-state index contributed by atoms with van der Waals surface area (Å²) in [6.07, 6.45) is 3.42. The average Bonchev–Trinajstić information content (AvgIpc) is 2.92. The topological polar surface area (TPSA) is 23.6 Å². The summed E-state index contributed by atoms with van der Waals surface area (Å²) < 4.78 is 53.0. The van der Waals surface area contributed by atoms with Crippen molar-refractivity contribution in [3.05, 3.63) is 71.0 Å². The maximum Gasteiger partial charge on any atom is 0.471 e. The molecule has 0 aromatic heterocycles. The van der Waals surface area contributed by atoms with Gasteiger partial charge in [-0.3, -0.25) is 9.69 Å². The monoisotopic (exact) mass is 446 g/mol. The molecule has 1 aliphatic carbocycles. The van der Waals surface area contributed by atoms with Crippen LogP contribution in [0.25, 0.3) is 6.08 Å². The number of amides is 1. The Morgan fingerprint density at radius 3 is 2.34 bits per heavy atom. The molecular formula is C25H26F4N2O. The predicted molar refractivity (Wildman–Crippen MR) is 117 cm³/mol. The molecule has 32 heavy (non-hydrogen) atoms. The standard InChI is InChI=1S/C25H26F4N2O/c26-21-9-6-18(7-10-21)3-2-14-31(24(32)25(27,28)29)23-11-8-19-12-15-30(22-4-1-5-22)16-13-20(19)17-23/h2-3,6-11,17,22H,1,4-5,12-16H2/b3-2+. The molecule has 0 unspecified atom stereocenters. The molecule has 1 amide bonds. The Hall–Kier alpha value is -2.67. The van der Waals surface area contributed by atoms with Gasteiger partial charge in [-0.05, 0) is 66.6 Å². The van der Waals surface area contributed by atoms with E-state index in [1.54, 1.807) is 18.2 Å². The molecule has 2 aromatic rings. The van der Waals surface area contributed by atoms with E-state index < -0.39 is 17.9 Å². The van der Waals surface area contributed by atoms with E-state index in [0.29, 0.717) is 11.6 Å². The van der Waals surface area contributed by atoms with Crippen LogP contribution in [0.4, 0.5) is 23.2 Å². The Morgan fingerprint density at radius 1 is 1.03 bits per heavy atom. The van der Waals surface area contributed by atoms with E-state index in [-0.39, 0.29) is 12.2 Å². The van der Waals surface area contributed by atoms with Gasteiger partial charge in [0.05, 0.1) is 0 Å². The number of halogens is 4. The number of nitrogens with zero attached hydrogens (tertiary/aromatic N) is 2. The second kappa shape index (κ2) is 9.45. The SMILES string of the molecule is O=C(N(C/C=C/c1ccc(F)cc1)c1ccc2c(c1)CCN(C1CCC1)CC2)C(F)(F)F. The van der Waals surface area contributed by atoms with Crippen molar-refractivity contribution in [3.8, 4) is 0 Å². The number of carbonyl (C=O) groups is 1. The van der Waals surface area contributed by atoms with Crippen LogP contribution < -0.4 is 4.90 Å². The molecule has 1 heterocycles. The van der Waals surface area contributed by atoms with E-state index in [0.717, 1.165) is 42.0 Å². The summed E-state index contributed by atoms with van der Waals surface area (Å²) in [6, 6.07) is 11.4. The van der Waals surface area contributed by atoms with E-state index in [1.165, 1.54) is 49.6 Å². The quantitative estimate of drug-likeness (QED) is 0.575. The highest BCUT2D eigenvalue weighted by atomic mass is 19.4. The highest BCUT2D eigenvalue weighted by Crippen LogP contribution is 2.30. The molecular weight excluding hydrogens is 420 g/mol. The minimum Gasteiger partial charge on any atom is -0.301 e. The molecule has 0 N–H and O–H groups in total. The lowest BCUT2D eigenvalue weighted by Crippen LogP contribution is -2.41. The molecule has 170 valence electrons. The zero-order valence-electron chi connectivity index (χ0n) is 17.7. The molecule has 4 rings (SSSR count). The lowest BCUT2D eigenvalue weighted by Gasteiger charge is -2.36. The molecule has 2 aromatic carbocycles. The Kier molecular flexibility index (Phi) is 6.65. The van der Waals surface area contributed by atoms with Gasteiger partial charge in [-0.2, -0.15) is 13.2 Å². The Balaban J connectivity index is 1.54. The summed E-state index contributed by atoms with van der Waals surface area (Å²) in [6.45, 7) is 1.62. The highest BCUT2D eigenvalue weighted by Gasteiger charge is 2.42. The number of rotatable bonds is 5. The third kappa shape index (κ3) is 5.21. The Morgan fingerprint density at radius 2 is 1.72 bits per heavy atom. The summed E-state index contributed by atoms with van der Waals surface area (Å²) in [7, 11) is 0. The number of hydrogen-bond acceptors (Lipinski definition) is 2. The fraction of sp³-hybridized carbons (Fsp3) is 0.400. The van der Waals surface area contributed by atoms with Crippen LogP contribution in [0.1, 0.15) is 36.0 Å². The van der Waals surface area contributed by atoms with E-state index in [9.17, 15) is 22.4 Å². The van der Waals surface area contributed by atoms with Gasteiger partial charge in [0.2, 0.25) is 0 Å². The molecule has 0 radical (unpaired) electrons. The Labute approximate surface area is 185 Å². The van der Waals surface area contributed by atoms with Crippen LogP contribution in [-0.2, 0) is 17.6 Å². The lowest BCUT2D eigenvalue weighted by molar-refractivity contribution is -0.170. The second-order valence-corrected chi connectivity index (χ2v) is 8.44. The molecule has 0 atom stereocenters. The van der Waals surface area contributed by atoms with Crippen molar-refractivity contribution in [3.63, 3.8) is 0 Å². The number of carbonyl (C=O) groups excluding carboxylic acids is 1. The molecule has 2 aliphatic rings. The van der Waals surface area contributed by atoms with Crippen LogP contribution >= 0.6 is 0 Å². The predicted octanol–water partition coefficient (Wildman–Crippen LogP) is 5.39. The van der Waals surface area contributed by atoms with Crippen molar-refractivity contribution in [2.24, 2.45) is 0 Å². The fourth-order valence-corrected chi connectivity index (χ4v) is 4.34. The van der Waals surface area contributed by atoms with Crippen LogP contribution in [0.5, 0.6) is 0 Å². The molecule has 7 heteroatoms. The van der Waals surface area contributed by atoms with Crippen LogP contribution in [0.3, 0.4) is 0 Å². The molecule has 3 nitrogen and oxygen atoms in total. The van der Waals surface area contributed by atoms with Gasteiger partial charge in [-0.25, -0.2) is 4.39 Å². The van der Waals surface area contributed by atoms with Crippen LogP contribution in [0, 0.1) is 5.82 Å². The second-order valence-electron chi connectivity index (χ2n) is 8.44. The third-order valence-electron chi connectivity index (χ3n) is 6.39. The molecule has 0 bridgehead atoms. The van der Waals surface area contributed by atoms with Gasteiger partial charge in [0.1, 0.15) is 5.82 Å². The van der Waals surface area contributed by atoms with Gasteiger partial charge >= 0.3 is 12.1 Å². The number of hydrogen-bond donors (Lipinski definition) is 0. The largest absolute Gasteiger partial charge is 0.471 e. The number of benzene rings is 2. The third-order valence-corrected chi connectivity index (χ3v) is 6.39. The van der Waals surface area contributed by atoms with E-state index in [2.05, 4.69) is 4.90 Å². The molecule has 0 saturated heterocycles. The maximum absolute atomic E-state index is 13.3. The minimum absolute atomic E-state index is 0.233. The first kappa shape index (κ1) is 22.5. The summed E-state index contributed by atoms with van der Waals surface area (Å²) in [5, 5.41) is 0. The van der Waals surface area contributed by atoms with Gasteiger partial charge < -0.3 is 4.90 Å². The first-order chi connectivity index (χ1) is 15.3. The minimum atomic E-state index is -4.97. The van der Waals surface area contributed by atoms with Gasteiger partial charge in [-0.15, -0.1) is 0 Å². The average molecular weight is 446 g/mol. The van der Waals surface area contributed by atoms with Gasteiger partial charge in [-0.1, -0.05) is 36.8 Å². The lowest BCUT2D eigenvalue weighted by atomic mass is 9.91. The van der Waals surface area contributed by atoms with Crippen molar-refractivity contribution in [1.82, 2.24) is 4.90 Å². The van der Waals surface area contributed by atoms with Crippen molar-refractivity contribution < 1.29 is 22.4 Å². The summed E-state index contributed by atoms with van der Waals surface area (Å²) >= 11 is 0. The van der Waals surface area contributed by atoms with Crippen LogP contribution in [-0.4, -0.2) is 42.7 Å². The maximum atomic E-state index is 13.3. The first-order valence-corrected chi connectivity index (χ1v) is 11.0. The summed E-state index contributed by atoms with van der Waals surface area (Å²) in [5.74, 6) is -2.29. The number of anilines is 1. The first-order valence-electron chi connectivity index (χ1n) is 11.0. The van der Waals surface area contributed by atoms with Crippen molar-refractivity contribution in [2.45, 2.75) is 44.3 Å². The molecule has 1 fully saturated rings. The zero-order valence-corrected chi connectivity index (χ0v) is 17.7. The summed E-state index contributed by atoms with van der Waals surface area (Å²) in [5.41, 5.74) is 3.03. The van der Waals surface area contributed by atoms with Crippen molar-refractivity contribution >= 4 is 17.7 Å².